The fraction of sp³-hybridized carbons (Fsp3) is 0.115. The summed E-state index contributed by atoms with van der Waals surface area (Å²) in [6, 6.07) is 15.4. The van der Waals surface area contributed by atoms with Gasteiger partial charge in [-0.1, -0.05) is 16.8 Å². The quantitative estimate of drug-likeness (QED) is 0.280. The molecule has 0 unspecified atom stereocenters. The molecule has 0 radical (unpaired) electrons. The first-order valence-electron chi connectivity index (χ1n) is 11.0. The van der Waals surface area contributed by atoms with Crippen molar-refractivity contribution >= 4 is 38.3 Å². The summed E-state index contributed by atoms with van der Waals surface area (Å²) in [5.74, 6) is 1.34. The Bertz CT molecular complexity index is 1720. The molecule has 0 bridgehead atoms. The lowest BCUT2D eigenvalue weighted by Gasteiger charge is -2.17. The molecule has 2 heterocycles. The molecule has 0 atom stereocenters. The van der Waals surface area contributed by atoms with E-state index in [-0.39, 0.29) is 10.7 Å². The van der Waals surface area contributed by atoms with Gasteiger partial charge in [-0.15, -0.1) is 0 Å². The predicted molar refractivity (Wildman–Crippen MR) is 141 cm³/mol. The summed E-state index contributed by atoms with van der Waals surface area (Å²) in [6.07, 6.45) is 2.67. The Labute approximate surface area is 218 Å². The lowest BCUT2D eigenvalue weighted by molar-refractivity contribution is 0.414. The largest absolute Gasteiger partial charge is 0.496 e. The van der Waals surface area contributed by atoms with Crippen molar-refractivity contribution in [3.05, 3.63) is 77.8 Å². The summed E-state index contributed by atoms with van der Waals surface area (Å²) in [5.41, 5.74) is 4.45. The standard InChI is InChI=1S/C26H21ClN4O5S/c1-15-10-21(24(35-3)13-19(15)20-11-16(27)4-7-23(20)34-2)26-18-6-5-17(12-22(18)28-14-29-26)37(32,33)31-25-8-9-36-30-25/h4-14H,1-3H3,(H,30,31). The lowest BCUT2D eigenvalue weighted by Crippen LogP contribution is -2.13. The van der Waals surface area contributed by atoms with E-state index in [1.807, 2.05) is 31.2 Å². The van der Waals surface area contributed by atoms with Gasteiger partial charge in [0.2, 0.25) is 0 Å². The van der Waals surface area contributed by atoms with Crippen LogP contribution in [-0.4, -0.2) is 37.8 Å². The Kier molecular flexibility index (Phi) is 6.45. The van der Waals surface area contributed by atoms with E-state index in [9.17, 15) is 8.42 Å². The molecule has 5 aromatic rings. The first kappa shape index (κ1) is 24.5. The number of aromatic nitrogens is 3. The number of anilines is 1. The van der Waals surface area contributed by atoms with Crippen LogP contribution in [0.25, 0.3) is 33.3 Å². The summed E-state index contributed by atoms with van der Waals surface area (Å²) in [5, 5.41) is 4.84. The van der Waals surface area contributed by atoms with Crippen LogP contribution in [-0.2, 0) is 10.0 Å². The van der Waals surface area contributed by atoms with Crippen molar-refractivity contribution in [2.24, 2.45) is 0 Å². The van der Waals surface area contributed by atoms with Crippen LogP contribution >= 0.6 is 11.6 Å². The van der Waals surface area contributed by atoms with Gasteiger partial charge in [-0.2, -0.15) is 0 Å². The van der Waals surface area contributed by atoms with Crippen molar-refractivity contribution in [3.8, 4) is 33.9 Å². The summed E-state index contributed by atoms with van der Waals surface area (Å²) in [7, 11) is -0.711. The number of ether oxygens (including phenoxy) is 2. The van der Waals surface area contributed by atoms with Crippen molar-refractivity contribution in [2.75, 3.05) is 18.9 Å². The molecule has 5 rings (SSSR count). The maximum absolute atomic E-state index is 12.8. The molecular formula is C26H21ClN4O5S. The number of hydrogen-bond donors (Lipinski definition) is 1. The van der Waals surface area contributed by atoms with Crippen LogP contribution in [0.3, 0.4) is 0 Å². The molecule has 9 nitrogen and oxygen atoms in total. The van der Waals surface area contributed by atoms with Gasteiger partial charge in [0.15, 0.2) is 5.82 Å². The average Bonchev–Trinajstić information content (AvgIpc) is 3.40. The maximum atomic E-state index is 12.8. The van der Waals surface area contributed by atoms with Crippen LogP contribution < -0.4 is 14.2 Å². The zero-order valence-corrected chi connectivity index (χ0v) is 21.6. The van der Waals surface area contributed by atoms with Crippen LogP contribution in [0.5, 0.6) is 11.5 Å². The van der Waals surface area contributed by atoms with Crippen molar-refractivity contribution < 1.29 is 22.4 Å². The highest BCUT2D eigenvalue weighted by Crippen LogP contribution is 2.41. The second-order valence-corrected chi connectivity index (χ2v) is 10.2. The molecule has 0 aliphatic rings. The molecular weight excluding hydrogens is 516 g/mol. The summed E-state index contributed by atoms with van der Waals surface area (Å²) >= 11 is 6.27. The fourth-order valence-electron chi connectivity index (χ4n) is 4.10. The number of benzene rings is 3. The summed E-state index contributed by atoms with van der Waals surface area (Å²) in [6.45, 7) is 1.97. The molecule has 0 aliphatic carbocycles. The number of methoxy groups -OCH3 is 2. The van der Waals surface area contributed by atoms with Crippen molar-refractivity contribution in [2.45, 2.75) is 11.8 Å². The molecule has 1 N–H and O–H groups in total. The third-order valence-electron chi connectivity index (χ3n) is 5.85. The van der Waals surface area contributed by atoms with Gasteiger partial charge < -0.3 is 14.0 Å². The molecule has 0 fully saturated rings. The zero-order valence-electron chi connectivity index (χ0n) is 20.0. The van der Waals surface area contributed by atoms with Gasteiger partial charge in [0.25, 0.3) is 10.0 Å². The van der Waals surface area contributed by atoms with E-state index in [1.54, 1.807) is 26.4 Å². The second-order valence-electron chi connectivity index (χ2n) is 8.10. The average molecular weight is 537 g/mol. The smallest absolute Gasteiger partial charge is 0.263 e. The molecule has 0 spiro atoms. The lowest BCUT2D eigenvalue weighted by atomic mass is 9.95. The minimum absolute atomic E-state index is 0.0270. The van der Waals surface area contributed by atoms with Crippen LogP contribution in [0.4, 0.5) is 5.82 Å². The number of nitrogens with one attached hydrogen (secondary N) is 1. The molecule has 2 aromatic heterocycles. The van der Waals surface area contributed by atoms with E-state index in [2.05, 4.69) is 19.8 Å². The molecule has 0 saturated carbocycles. The van der Waals surface area contributed by atoms with E-state index in [1.165, 1.54) is 30.8 Å². The Morgan fingerprint density at radius 2 is 1.70 bits per heavy atom. The van der Waals surface area contributed by atoms with Crippen LogP contribution in [0.1, 0.15) is 5.56 Å². The SMILES string of the molecule is COc1ccc(Cl)cc1-c1cc(OC)c(-c2ncnc3cc(S(=O)(=O)Nc4ccon4)ccc23)cc1C. The minimum atomic E-state index is -3.90. The third-order valence-corrected chi connectivity index (χ3v) is 7.44. The fourth-order valence-corrected chi connectivity index (χ4v) is 5.29. The van der Waals surface area contributed by atoms with E-state index < -0.39 is 10.0 Å². The Morgan fingerprint density at radius 1 is 0.892 bits per heavy atom. The van der Waals surface area contributed by atoms with Gasteiger partial charge >= 0.3 is 0 Å². The van der Waals surface area contributed by atoms with Gasteiger partial charge in [-0.3, -0.25) is 4.72 Å². The van der Waals surface area contributed by atoms with Crippen molar-refractivity contribution in [3.63, 3.8) is 0 Å². The van der Waals surface area contributed by atoms with Crippen molar-refractivity contribution in [1.82, 2.24) is 15.1 Å². The maximum Gasteiger partial charge on any atom is 0.263 e. The number of rotatable bonds is 7. The van der Waals surface area contributed by atoms with E-state index in [4.69, 9.17) is 25.6 Å². The topological polar surface area (TPSA) is 116 Å². The first-order valence-corrected chi connectivity index (χ1v) is 12.9. The Balaban J connectivity index is 1.61. The van der Waals surface area contributed by atoms with Crippen LogP contribution in [0.2, 0.25) is 5.02 Å². The number of halogens is 1. The van der Waals surface area contributed by atoms with E-state index in [0.29, 0.717) is 33.1 Å². The summed E-state index contributed by atoms with van der Waals surface area (Å²) in [4.78, 5) is 8.84. The number of hydrogen-bond acceptors (Lipinski definition) is 8. The van der Waals surface area contributed by atoms with Gasteiger partial charge in [-0.05, 0) is 66.6 Å². The third kappa shape index (κ3) is 4.68. The predicted octanol–water partition coefficient (Wildman–Crippen LogP) is 5.73. The first-order chi connectivity index (χ1) is 17.8. The van der Waals surface area contributed by atoms with Gasteiger partial charge in [0, 0.05) is 27.6 Å². The normalized spacial score (nSPS) is 11.5. The summed E-state index contributed by atoms with van der Waals surface area (Å²) < 4.78 is 44.0. The molecule has 0 aliphatic heterocycles. The minimum Gasteiger partial charge on any atom is -0.496 e. The zero-order chi connectivity index (χ0) is 26.2. The molecule has 0 saturated heterocycles. The molecule has 188 valence electrons. The number of nitrogens with zero attached hydrogens (tertiary/aromatic N) is 3. The Morgan fingerprint density at radius 3 is 2.43 bits per heavy atom. The van der Waals surface area contributed by atoms with Gasteiger partial charge in [-0.25, -0.2) is 18.4 Å². The van der Waals surface area contributed by atoms with E-state index in [0.717, 1.165) is 22.3 Å². The number of aryl methyl sites for hydroxylation is 1. The molecule has 3 aromatic carbocycles. The van der Waals surface area contributed by atoms with Gasteiger partial charge in [0.1, 0.15) is 24.1 Å². The second kappa shape index (κ2) is 9.72. The van der Waals surface area contributed by atoms with Crippen molar-refractivity contribution in [1.29, 1.82) is 0 Å². The highest BCUT2D eigenvalue weighted by molar-refractivity contribution is 7.92. The van der Waals surface area contributed by atoms with E-state index >= 15 is 0 Å². The van der Waals surface area contributed by atoms with Crippen LogP contribution in [0, 0.1) is 6.92 Å². The molecule has 37 heavy (non-hydrogen) atoms. The van der Waals surface area contributed by atoms with Crippen LogP contribution in [0.15, 0.2) is 76.6 Å². The number of fused-ring (bicyclic) bond motifs is 1. The number of sulfonamides is 1. The molecule has 0 amide bonds. The highest BCUT2D eigenvalue weighted by atomic mass is 35.5. The monoisotopic (exact) mass is 536 g/mol. The molecule has 11 heteroatoms. The Hall–Kier alpha value is -4.15. The highest BCUT2D eigenvalue weighted by Gasteiger charge is 2.20. The van der Waals surface area contributed by atoms with Gasteiger partial charge in [0.05, 0.1) is 30.3 Å².